The number of nitrogens with zero attached hydrogens (tertiary/aromatic N) is 3. The number of aromatic nitrogens is 3. The molecule has 0 aliphatic carbocycles. The van der Waals surface area contributed by atoms with Gasteiger partial charge in [-0.05, 0) is 37.1 Å². The highest BCUT2D eigenvalue weighted by Crippen LogP contribution is 2.27. The molecule has 0 fully saturated rings. The van der Waals surface area contributed by atoms with Gasteiger partial charge >= 0.3 is 6.61 Å². The first-order valence-electron chi connectivity index (χ1n) is 6.87. The normalized spacial score (nSPS) is 17.1. The summed E-state index contributed by atoms with van der Waals surface area (Å²) in [6.07, 6.45) is 3.20. The Bertz CT molecular complexity index is 657. The molecule has 1 N–H and O–H groups in total. The van der Waals surface area contributed by atoms with Crippen molar-refractivity contribution >= 4 is 11.6 Å². The summed E-state index contributed by atoms with van der Waals surface area (Å²) >= 11 is 0. The molecule has 0 spiro atoms. The van der Waals surface area contributed by atoms with Crippen molar-refractivity contribution < 1.29 is 18.3 Å². The van der Waals surface area contributed by atoms with Crippen LogP contribution < -0.4 is 10.1 Å². The van der Waals surface area contributed by atoms with Crippen LogP contribution in [0.4, 0.5) is 14.5 Å². The van der Waals surface area contributed by atoms with E-state index in [4.69, 9.17) is 0 Å². The predicted molar refractivity (Wildman–Crippen MR) is 73.7 cm³/mol. The molecule has 22 heavy (non-hydrogen) atoms. The van der Waals surface area contributed by atoms with Gasteiger partial charge in [-0.2, -0.15) is 8.78 Å². The summed E-state index contributed by atoms with van der Waals surface area (Å²) in [5, 5.41) is 10.6. The lowest BCUT2D eigenvalue weighted by molar-refractivity contribution is -0.118. The number of fused-ring (bicyclic) bond motifs is 1. The second-order valence-corrected chi connectivity index (χ2v) is 4.97. The Morgan fingerprint density at radius 2 is 2.14 bits per heavy atom. The number of alkyl halides is 2. The first-order chi connectivity index (χ1) is 10.6. The Kier molecular flexibility index (Phi) is 3.99. The molecule has 0 bridgehead atoms. The maximum Gasteiger partial charge on any atom is 0.387 e. The molecule has 2 aromatic rings. The molecule has 116 valence electrons. The van der Waals surface area contributed by atoms with E-state index in [1.165, 1.54) is 24.3 Å². The SMILES string of the molecule is O=C(Nc1ccc(OC(F)F)cc1)C1CCCn2cnnc21. The van der Waals surface area contributed by atoms with Gasteiger partial charge in [0.05, 0.1) is 5.92 Å². The van der Waals surface area contributed by atoms with Crippen molar-refractivity contribution in [1.29, 1.82) is 0 Å². The van der Waals surface area contributed by atoms with E-state index in [2.05, 4.69) is 20.3 Å². The zero-order valence-electron chi connectivity index (χ0n) is 11.6. The van der Waals surface area contributed by atoms with E-state index in [1.807, 2.05) is 4.57 Å². The third-order valence-electron chi connectivity index (χ3n) is 3.51. The summed E-state index contributed by atoms with van der Waals surface area (Å²) in [6, 6.07) is 5.79. The Hall–Kier alpha value is -2.51. The first kappa shape index (κ1) is 14.4. The van der Waals surface area contributed by atoms with Gasteiger partial charge in [-0.1, -0.05) is 0 Å². The molecule has 1 aliphatic heterocycles. The number of halogens is 2. The molecular weight excluding hydrogens is 294 g/mol. The van der Waals surface area contributed by atoms with E-state index >= 15 is 0 Å². The van der Waals surface area contributed by atoms with Crippen LogP contribution in [0, 0.1) is 0 Å². The van der Waals surface area contributed by atoms with Gasteiger partial charge in [0.1, 0.15) is 17.9 Å². The molecule has 1 atom stereocenters. The first-order valence-corrected chi connectivity index (χ1v) is 6.87. The average molecular weight is 308 g/mol. The van der Waals surface area contributed by atoms with Gasteiger partial charge in [-0.25, -0.2) is 0 Å². The number of benzene rings is 1. The second kappa shape index (κ2) is 6.08. The maximum absolute atomic E-state index is 12.3. The van der Waals surface area contributed by atoms with Crippen molar-refractivity contribution in [3.8, 4) is 5.75 Å². The lowest BCUT2D eigenvalue weighted by Gasteiger charge is -2.21. The molecule has 6 nitrogen and oxygen atoms in total. The molecule has 0 saturated carbocycles. The lowest BCUT2D eigenvalue weighted by atomic mass is 9.98. The van der Waals surface area contributed by atoms with Crippen LogP contribution in [-0.2, 0) is 11.3 Å². The topological polar surface area (TPSA) is 69.0 Å². The number of nitrogens with one attached hydrogen (secondary N) is 1. The van der Waals surface area contributed by atoms with Gasteiger partial charge in [0.15, 0.2) is 0 Å². The van der Waals surface area contributed by atoms with Crippen LogP contribution in [0.3, 0.4) is 0 Å². The van der Waals surface area contributed by atoms with Crippen molar-refractivity contribution in [2.75, 3.05) is 5.32 Å². The van der Waals surface area contributed by atoms with Gasteiger partial charge in [0.25, 0.3) is 0 Å². The molecule has 3 rings (SSSR count). The molecule has 1 unspecified atom stereocenters. The minimum absolute atomic E-state index is 0.0467. The number of rotatable bonds is 4. The van der Waals surface area contributed by atoms with Gasteiger partial charge < -0.3 is 14.6 Å². The van der Waals surface area contributed by atoms with Gasteiger partial charge in [0, 0.05) is 12.2 Å². The Morgan fingerprint density at radius 3 is 2.86 bits per heavy atom. The number of ether oxygens (including phenoxy) is 1. The standard InChI is InChI=1S/C14H14F2N4O2/c15-14(16)22-10-5-3-9(4-6-10)18-13(21)11-2-1-7-20-8-17-19-12(11)20/h3-6,8,11,14H,1-2,7H2,(H,18,21). The Balaban J connectivity index is 1.68. The van der Waals surface area contributed by atoms with Gasteiger partial charge in [0.2, 0.25) is 5.91 Å². The zero-order chi connectivity index (χ0) is 15.5. The highest BCUT2D eigenvalue weighted by atomic mass is 19.3. The number of amides is 1. The molecule has 8 heteroatoms. The highest BCUT2D eigenvalue weighted by Gasteiger charge is 2.28. The van der Waals surface area contributed by atoms with Crippen LogP contribution in [0.15, 0.2) is 30.6 Å². The number of aryl methyl sites for hydroxylation is 1. The zero-order valence-corrected chi connectivity index (χ0v) is 11.6. The quantitative estimate of drug-likeness (QED) is 0.941. The summed E-state index contributed by atoms with van der Waals surface area (Å²) in [5.41, 5.74) is 0.517. The van der Waals surface area contributed by atoms with Crippen LogP contribution in [-0.4, -0.2) is 27.3 Å². The predicted octanol–water partition coefficient (Wildman–Crippen LogP) is 2.40. The third kappa shape index (κ3) is 3.05. The lowest BCUT2D eigenvalue weighted by Crippen LogP contribution is -2.27. The molecule has 0 radical (unpaired) electrons. The van der Waals surface area contributed by atoms with E-state index in [9.17, 15) is 13.6 Å². The molecule has 1 amide bonds. The average Bonchev–Trinajstić information content (AvgIpc) is 2.97. The Morgan fingerprint density at radius 1 is 1.36 bits per heavy atom. The summed E-state index contributed by atoms with van der Waals surface area (Å²) in [5.74, 6) is 0.163. The van der Waals surface area contributed by atoms with E-state index < -0.39 is 6.61 Å². The van der Waals surface area contributed by atoms with E-state index in [-0.39, 0.29) is 17.6 Å². The Labute approximate surface area is 125 Å². The van der Waals surface area contributed by atoms with Gasteiger partial charge in [-0.15, -0.1) is 10.2 Å². The van der Waals surface area contributed by atoms with E-state index in [0.717, 1.165) is 13.0 Å². The number of hydrogen-bond donors (Lipinski definition) is 1. The summed E-state index contributed by atoms with van der Waals surface area (Å²) in [4.78, 5) is 12.3. The molecule has 2 heterocycles. The number of carbonyl (C=O) groups is 1. The number of carbonyl (C=O) groups excluding carboxylic acids is 1. The van der Waals surface area contributed by atoms with E-state index in [0.29, 0.717) is 17.9 Å². The van der Waals surface area contributed by atoms with Crippen molar-refractivity contribution in [1.82, 2.24) is 14.8 Å². The van der Waals surface area contributed by atoms with Crippen molar-refractivity contribution in [3.63, 3.8) is 0 Å². The maximum atomic E-state index is 12.3. The highest BCUT2D eigenvalue weighted by molar-refractivity contribution is 5.95. The fraction of sp³-hybridized carbons (Fsp3) is 0.357. The molecule has 0 saturated heterocycles. The largest absolute Gasteiger partial charge is 0.435 e. The third-order valence-corrected chi connectivity index (χ3v) is 3.51. The minimum Gasteiger partial charge on any atom is -0.435 e. The molecule has 1 aromatic heterocycles. The van der Waals surface area contributed by atoms with Crippen molar-refractivity contribution in [2.24, 2.45) is 0 Å². The molecule has 1 aromatic carbocycles. The minimum atomic E-state index is -2.87. The monoisotopic (exact) mass is 308 g/mol. The van der Waals surface area contributed by atoms with Crippen molar-refractivity contribution in [2.45, 2.75) is 31.9 Å². The fourth-order valence-corrected chi connectivity index (χ4v) is 2.50. The van der Waals surface area contributed by atoms with Gasteiger partial charge in [-0.3, -0.25) is 4.79 Å². The molecule has 1 aliphatic rings. The summed E-state index contributed by atoms with van der Waals surface area (Å²) < 4.78 is 30.3. The van der Waals surface area contributed by atoms with Crippen LogP contribution in [0.5, 0.6) is 5.75 Å². The summed E-state index contributed by atoms with van der Waals surface area (Å²) in [6.45, 7) is -2.06. The van der Waals surface area contributed by atoms with E-state index in [1.54, 1.807) is 6.33 Å². The fourth-order valence-electron chi connectivity index (χ4n) is 2.50. The second-order valence-electron chi connectivity index (χ2n) is 4.97. The number of hydrogen-bond acceptors (Lipinski definition) is 4. The van der Waals surface area contributed by atoms with Crippen LogP contribution in [0.2, 0.25) is 0 Å². The molecular formula is C14H14F2N4O2. The summed E-state index contributed by atoms with van der Waals surface area (Å²) in [7, 11) is 0. The number of anilines is 1. The van der Waals surface area contributed by atoms with Crippen molar-refractivity contribution in [3.05, 3.63) is 36.4 Å². The van der Waals surface area contributed by atoms with Crippen LogP contribution in [0.25, 0.3) is 0 Å². The van der Waals surface area contributed by atoms with Crippen LogP contribution in [0.1, 0.15) is 24.6 Å². The van der Waals surface area contributed by atoms with Crippen LogP contribution >= 0.6 is 0 Å². The smallest absolute Gasteiger partial charge is 0.387 e.